The van der Waals surface area contributed by atoms with Crippen molar-refractivity contribution in [3.05, 3.63) is 29.3 Å². The van der Waals surface area contributed by atoms with Crippen molar-refractivity contribution in [2.75, 3.05) is 41.7 Å². The van der Waals surface area contributed by atoms with Crippen LogP contribution in [0.3, 0.4) is 0 Å². The van der Waals surface area contributed by atoms with E-state index < -0.39 is 0 Å². The van der Waals surface area contributed by atoms with Gasteiger partial charge in [-0.3, -0.25) is 0 Å². The summed E-state index contributed by atoms with van der Waals surface area (Å²) in [6.45, 7) is 4.50. The minimum atomic E-state index is 0.138. The number of ether oxygens (including phenoxy) is 6. The number of methoxy groups -OCH3 is 3. The molecule has 0 heterocycles. The smallest absolute Gasteiger partial charge is 0.188 e. The van der Waals surface area contributed by atoms with Gasteiger partial charge in [0.15, 0.2) is 20.4 Å². The molecule has 0 unspecified atom stereocenters. The molecule has 6 heteroatoms. The molecule has 0 aliphatic heterocycles. The van der Waals surface area contributed by atoms with Gasteiger partial charge in [0.2, 0.25) is 0 Å². The first-order valence-corrected chi connectivity index (χ1v) is 7.27. The van der Waals surface area contributed by atoms with Crippen molar-refractivity contribution >= 4 is 0 Å². The lowest BCUT2D eigenvalue weighted by Gasteiger charge is -2.17. The molecular weight excluding hydrogens is 300 g/mol. The van der Waals surface area contributed by atoms with Crippen LogP contribution in [0.5, 0.6) is 17.2 Å². The summed E-state index contributed by atoms with van der Waals surface area (Å²) in [5.74, 6) is 1.87. The second-order valence-electron chi connectivity index (χ2n) is 5.04. The summed E-state index contributed by atoms with van der Waals surface area (Å²) in [5.41, 5.74) is 2.12. The molecule has 6 nitrogen and oxygen atoms in total. The van der Waals surface area contributed by atoms with E-state index in [2.05, 4.69) is 6.08 Å². The molecule has 0 amide bonds. The summed E-state index contributed by atoms with van der Waals surface area (Å²) in [6.07, 6.45) is 2.77. The standard InChI is InChI=1S/C17H26O6/c1-13(2)6-7-15-16(22-11-19-4)8-14(21-10-18-3)9-17(15)23-12-20-5/h6,8-9H,7,10-12H2,1-5H3. The maximum absolute atomic E-state index is 5.67. The Morgan fingerprint density at radius 3 is 1.74 bits per heavy atom. The van der Waals surface area contributed by atoms with Crippen LogP contribution in [-0.2, 0) is 20.6 Å². The van der Waals surface area contributed by atoms with Crippen molar-refractivity contribution in [3.8, 4) is 17.2 Å². The summed E-state index contributed by atoms with van der Waals surface area (Å²) in [5, 5.41) is 0. The quantitative estimate of drug-likeness (QED) is 0.460. The highest BCUT2D eigenvalue weighted by molar-refractivity contribution is 5.51. The third-order valence-corrected chi connectivity index (χ3v) is 2.86. The van der Waals surface area contributed by atoms with Gasteiger partial charge in [-0.15, -0.1) is 0 Å². The Balaban J connectivity index is 3.18. The van der Waals surface area contributed by atoms with Crippen molar-refractivity contribution < 1.29 is 28.4 Å². The minimum Gasteiger partial charge on any atom is -0.467 e. The Hall–Kier alpha value is -1.76. The zero-order valence-corrected chi connectivity index (χ0v) is 14.5. The maximum Gasteiger partial charge on any atom is 0.188 e. The molecule has 0 fully saturated rings. The highest BCUT2D eigenvalue weighted by atomic mass is 16.7. The lowest BCUT2D eigenvalue weighted by Crippen LogP contribution is -2.07. The van der Waals surface area contributed by atoms with Crippen LogP contribution in [0.25, 0.3) is 0 Å². The van der Waals surface area contributed by atoms with Gasteiger partial charge < -0.3 is 28.4 Å². The van der Waals surface area contributed by atoms with Crippen molar-refractivity contribution in [2.24, 2.45) is 0 Å². The van der Waals surface area contributed by atoms with Crippen molar-refractivity contribution in [2.45, 2.75) is 20.3 Å². The molecule has 0 saturated carbocycles. The molecule has 0 N–H and O–H groups in total. The summed E-state index contributed by atoms with van der Waals surface area (Å²) >= 11 is 0. The molecule has 23 heavy (non-hydrogen) atoms. The maximum atomic E-state index is 5.67. The average molecular weight is 326 g/mol. The first-order chi connectivity index (χ1) is 11.1. The fraction of sp³-hybridized carbons (Fsp3) is 0.529. The zero-order chi connectivity index (χ0) is 17.1. The van der Waals surface area contributed by atoms with Crippen molar-refractivity contribution in [1.82, 2.24) is 0 Å². The molecule has 0 aliphatic carbocycles. The number of benzene rings is 1. The van der Waals surface area contributed by atoms with Gasteiger partial charge in [0.1, 0.15) is 17.2 Å². The van der Waals surface area contributed by atoms with Crippen LogP contribution in [0.1, 0.15) is 19.4 Å². The van der Waals surface area contributed by atoms with E-state index in [1.165, 1.54) is 5.57 Å². The lowest BCUT2D eigenvalue weighted by molar-refractivity contribution is 0.0401. The molecule has 1 aromatic rings. The first kappa shape index (κ1) is 19.3. The Labute approximate surface area is 137 Å². The van der Waals surface area contributed by atoms with Gasteiger partial charge >= 0.3 is 0 Å². The predicted octanol–water partition coefficient (Wildman–Crippen LogP) is 3.14. The van der Waals surface area contributed by atoms with E-state index in [4.69, 9.17) is 28.4 Å². The van der Waals surface area contributed by atoms with E-state index in [0.29, 0.717) is 23.7 Å². The first-order valence-electron chi connectivity index (χ1n) is 7.27. The lowest BCUT2D eigenvalue weighted by atomic mass is 10.1. The van der Waals surface area contributed by atoms with Crippen molar-refractivity contribution in [3.63, 3.8) is 0 Å². The highest BCUT2D eigenvalue weighted by Crippen LogP contribution is 2.35. The third kappa shape index (κ3) is 6.90. The summed E-state index contributed by atoms with van der Waals surface area (Å²) in [6, 6.07) is 3.59. The SMILES string of the molecule is COCOc1cc(OCOC)c(CC=C(C)C)c(OCOC)c1. The molecule has 0 aromatic heterocycles. The summed E-state index contributed by atoms with van der Waals surface area (Å²) < 4.78 is 31.8. The van der Waals surface area contributed by atoms with Crippen LogP contribution >= 0.6 is 0 Å². The van der Waals surface area contributed by atoms with Gasteiger partial charge in [-0.1, -0.05) is 11.6 Å². The van der Waals surface area contributed by atoms with Crippen LogP contribution in [0, 0.1) is 0 Å². The van der Waals surface area contributed by atoms with Gasteiger partial charge in [-0.05, 0) is 20.3 Å². The van der Waals surface area contributed by atoms with Crippen LogP contribution in [0.4, 0.5) is 0 Å². The molecular formula is C17H26O6. The van der Waals surface area contributed by atoms with Crippen LogP contribution in [-0.4, -0.2) is 41.7 Å². The topological polar surface area (TPSA) is 55.4 Å². The van der Waals surface area contributed by atoms with Gasteiger partial charge in [-0.25, -0.2) is 0 Å². The predicted molar refractivity (Wildman–Crippen MR) is 87.1 cm³/mol. The molecule has 1 rings (SSSR count). The van der Waals surface area contributed by atoms with E-state index in [1.54, 1.807) is 33.5 Å². The molecule has 0 aliphatic rings. The van der Waals surface area contributed by atoms with Crippen molar-refractivity contribution in [1.29, 1.82) is 0 Å². The second kappa shape index (κ2) is 10.9. The molecule has 0 bridgehead atoms. The summed E-state index contributed by atoms with van der Waals surface area (Å²) in [7, 11) is 4.71. The van der Waals surface area contributed by atoms with Gasteiger partial charge in [-0.2, -0.15) is 0 Å². The van der Waals surface area contributed by atoms with E-state index in [-0.39, 0.29) is 20.4 Å². The van der Waals surface area contributed by atoms with Crippen LogP contribution < -0.4 is 14.2 Å². The molecule has 0 saturated heterocycles. The number of rotatable bonds is 11. The molecule has 1 aromatic carbocycles. The largest absolute Gasteiger partial charge is 0.467 e. The number of hydrogen-bond acceptors (Lipinski definition) is 6. The minimum absolute atomic E-state index is 0.138. The monoisotopic (exact) mass is 326 g/mol. The number of hydrogen-bond donors (Lipinski definition) is 0. The fourth-order valence-corrected chi connectivity index (χ4v) is 1.82. The van der Waals surface area contributed by atoms with E-state index >= 15 is 0 Å². The Morgan fingerprint density at radius 1 is 0.826 bits per heavy atom. The van der Waals surface area contributed by atoms with Gasteiger partial charge in [0, 0.05) is 39.0 Å². The van der Waals surface area contributed by atoms with E-state index in [0.717, 1.165) is 5.56 Å². The van der Waals surface area contributed by atoms with Gasteiger partial charge in [0.25, 0.3) is 0 Å². The van der Waals surface area contributed by atoms with Crippen LogP contribution in [0.2, 0.25) is 0 Å². The van der Waals surface area contributed by atoms with E-state index in [1.807, 2.05) is 13.8 Å². The van der Waals surface area contributed by atoms with E-state index in [9.17, 15) is 0 Å². The number of allylic oxidation sites excluding steroid dienone is 2. The Bertz CT molecular complexity index is 465. The Morgan fingerprint density at radius 2 is 1.30 bits per heavy atom. The molecule has 130 valence electrons. The molecule has 0 atom stereocenters. The zero-order valence-electron chi connectivity index (χ0n) is 14.5. The Kier molecular flexibility index (Phi) is 9.12. The van der Waals surface area contributed by atoms with Crippen LogP contribution in [0.15, 0.2) is 23.8 Å². The summed E-state index contributed by atoms with van der Waals surface area (Å²) in [4.78, 5) is 0. The third-order valence-electron chi connectivity index (χ3n) is 2.86. The van der Waals surface area contributed by atoms with Gasteiger partial charge in [0.05, 0.1) is 0 Å². The average Bonchev–Trinajstić information content (AvgIpc) is 2.54. The highest BCUT2D eigenvalue weighted by Gasteiger charge is 2.14. The fourth-order valence-electron chi connectivity index (χ4n) is 1.82. The molecule has 0 radical (unpaired) electrons. The second-order valence-corrected chi connectivity index (χ2v) is 5.04. The molecule has 0 spiro atoms. The normalized spacial score (nSPS) is 10.3.